The number of hydrogen-bond acceptors (Lipinski definition) is 7. The van der Waals surface area contributed by atoms with E-state index in [9.17, 15) is 14.7 Å². The summed E-state index contributed by atoms with van der Waals surface area (Å²) in [6, 6.07) is 23.9. The van der Waals surface area contributed by atoms with Gasteiger partial charge in [0.25, 0.3) is 5.91 Å². The molecule has 0 aliphatic carbocycles. The van der Waals surface area contributed by atoms with Crippen molar-refractivity contribution in [2.75, 3.05) is 20.1 Å². The molecule has 4 rings (SSSR count). The van der Waals surface area contributed by atoms with Crippen LogP contribution in [0.5, 0.6) is 0 Å². The molecule has 8 nitrogen and oxygen atoms in total. The fourth-order valence-electron chi connectivity index (χ4n) is 5.00. The standard InChI is InChI=1S/C34H40N2O6/c1-5-17-36(4)21-31-19-32(28-11-9-25(22-37)10-12-28)42-34(41-31)29-15-13-27(14-16-29)30-8-6-7-26(18-30)20-35-33(39)23(2)40-24(3)38/h5-16,18,23,31-32,34,37H,1,17,19-22H2,2-4H3,(H,35,39)/t23-,31-,32+,34+/m0/s1. The van der Waals surface area contributed by atoms with Gasteiger partial charge in [-0.25, -0.2) is 0 Å². The van der Waals surface area contributed by atoms with Gasteiger partial charge in [-0.3, -0.25) is 9.59 Å². The summed E-state index contributed by atoms with van der Waals surface area (Å²) in [4.78, 5) is 25.5. The third-order valence-corrected chi connectivity index (χ3v) is 7.19. The van der Waals surface area contributed by atoms with Crippen LogP contribution in [0, 0.1) is 0 Å². The van der Waals surface area contributed by atoms with E-state index in [1.54, 1.807) is 6.92 Å². The van der Waals surface area contributed by atoms with Crippen molar-refractivity contribution in [1.82, 2.24) is 10.2 Å². The number of rotatable bonds is 12. The fraction of sp³-hybridized carbons (Fsp3) is 0.353. The second kappa shape index (κ2) is 14.9. The van der Waals surface area contributed by atoms with Gasteiger partial charge in [0.1, 0.15) is 0 Å². The van der Waals surface area contributed by atoms with Gasteiger partial charge in [0.05, 0.1) is 18.8 Å². The molecule has 1 fully saturated rings. The summed E-state index contributed by atoms with van der Waals surface area (Å²) in [5.41, 5.74) is 5.81. The molecule has 1 saturated heterocycles. The first-order valence-corrected chi connectivity index (χ1v) is 14.2. The van der Waals surface area contributed by atoms with Crippen LogP contribution >= 0.6 is 0 Å². The number of amides is 1. The molecular weight excluding hydrogens is 532 g/mol. The molecule has 8 heteroatoms. The molecule has 1 aliphatic rings. The molecule has 1 heterocycles. The normalized spacial score (nSPS) is 19.2. The van der Waals surface area contributed by atoms with Crippen molar-refractivity contribution >= 4 is 11.9 Å². The van der Waals surface area contributed by atoms with E-state index in [0.29, 0.717) is 6.54 Å². The van der Waals surface area contributed by atoms with Crippen LogP contribution in [-0.4, -0.2) is 54.2 Å². The molecule has 222 valence electrons. The van der Waals surface area contributed by atoms with Crippen LogP contribution in [0.3, 0.4) is 0 Å². The molecule has 0 bridgehead atoms. The van der Waals surface area contributed by atoms with Crippen LogP contribution in [-0.2, 0) is 37.0 Å². The van der Waals surface area contributed by atoms with Gasteiger partial charge in [0, 0.05) is 38.5 Å². The summed E-state index contributed by atoms with van der Waals surface area (Å²) >= 11 is 0. The highest BCUT2D eigenvalue weighted by atomic mass is 16.7. The topological polar surface area (TPSA) is 97.3 Å². The maximum atomic E-state index is 12.2. The number of esters is 1. The van der Waals surface area contributed by atoms with Crippen molar-refractivity contribution in [3.8, 4) is 11.1 Å². The lowest BCUT2D eigenvalue weighted by Crippen LogP contribution is -2.37. The SMILES string of the molecule is C=CCN(C)C[C@@H]1C[C@H](c2ccc(CO)cc2)O[C@H](c2ccc(-c3cccc(CNC(=O)[C@H](C)OC(C)=O)c3)cc2)O1. The molecule has 3 aromatic carbocycles. The van der Waals surface area contributed by atoms with E-state index in [-0.39, 0.29) is 24.7 Å². The number of aliphatic hydroxyl groups excluding tert-OH is 1. The zero-order valence-electron chi connectivity index (χ0n) is 24.5. The van der Waals surface area contributed by atoms with E-state index < -0.39 is 18.4 Å². The van der Waals surface area contributed by atoms with Gasteiger partial charge in [-0.05, 0) is 47.9 Å². The fourth-order valence-corrected chi connectivity index (χ4v) is 5.00. The quantitative estimate of drug-likeness (QED) is 0.231. The van der Waals surface area contributed by atoms with Gasteiger partial charge in [0.2, 0.25) is 0 Å². The summed E-state index contributed by atoms with van der Waals surface area (Å²) in [6.45, 7) is 8.52. The second-order valence-electron chi connectivity index (χ2n) is 10.7. The first kappa shape index (κ1) is 31.1. The summed E-state index contributed by atoms with van der Waals surface area (Å²) in [6.07, 6.45) is 1.05. The first-order valence-electron chi connectivity index (χ1n) is 14.2. The molecule has 3 aromatic rings. The van der Waals surface area contributed by atoms with E-state index in [4.69, 9.17) is 14.2 Å². The number of carbonyl (C=O) groups excluding carboxylic acids is 2. The predicted octanol–water partition coefficient (Wildman–Crippen LogP) is 5.08. The lowest BCUT2D eigenvalue weighted by Gasteiger charge is -2.37. The largest absolute Gasteiger partial charge is 0.453 e. The number of aliphatic hydroxyl groups is 1. The van der Waals surface area contributed by atoms with Crippen LogP contribution in [0.15, 0.2) is 85.5 Å². The molecule has 4 atom stereocenters. The van der Waals surface area contributed by atoms with Gasteiger partial charge < -0.3 is 29.5 Å². The highest BCUT2D eigenvalue weighted by Crippen LogP contribution is 2.38. The van der Waals surface area contributed by atoms with E-state index in [1.165, 1.54) is 6.92 Å². The molecular formula is C34H40N2O6. The summed E-state index contributed by atoms with van der Waals surface area (Å²) < 4.78 is 17.9. The summed E-state index contributed by atoms with van der Waals surface area (Å²) in [7, 11) is 2.05. The molecule has 1 aliphatic heterocycles. The van der Waals surface area contributed by atoms with Crippen LogP contribution < -0.4 is 5.32 Å². The van der Waals surface area contributed by atoms with Gasteiger partial charge in [-0.1, -0.05) is 72.8 Å². The Balaban J connectivity index is 1.47. The first-order chi connectivity index (χ1) is 20.2. The Kier molecular flexibility index (Phi) is 11.0. The Hall–Kier alpha value is -3.82. The van der Waals surface area contributed by atoms with Gasteiger partial charge >= 0.3 is 5.97 Å². The lowest BCUT2D eigenvalue weighted by atomic mass is 9.99. The Labute approximate surface area is 247 Å². The van der Waals surface area contributed by atoms with Crippen LogP contribution in [0.2, 0.25) is 0 Å². The van der Waals surface area contributed by atoms with E-state index in [0.717, 1.165) is 52.9 Å². The molecule has 0 aromatic heterocycles. The average Bonchev–Trinajstić information content (AvgIpc) is 2.99. The van der Waals surface area contributed by atoms with Crippen molar-refractivity contribution < 1.29 is 28.9 Å². The maximum absolute atomic E-state index is 12.2. The van der Waals surface area contributed by atoms with Crippen molar-refractivity contribution in [3.05, 3.63) is 108 Å². The number of hydrogen-bond donors (Lipinski definition) is 2. The van der Waals surface area contributed by atoms with Gasteiger partial charge in [-0.15, -0.1) is 6.58 Å². The predicted molar refractivity (Wildman–Crippen MR) is 161 cm³/mol. The van der Waals surface area contributed by atoms with Crippen molar-refractivity contribution in [2.45, 2.75) is 58.0 Å². The van der Waals surface area contributed by atoms with Gasteiger partial charge in [0.15, 0.2) is 12.4 Å². The third-order valence-electron chi connectivity index (χ3n) is 7.19. The molecule has 1 amide bonds. The number of benzene rings is 3. The highest BCUT2D eigenvalue weighted by molar-refractivity contribution is 5.82. The van der Waals surface area contributed by atoms with Crippen molar-refractivity contribution in [3.63, 3.8) is 0 Å². The summed E-state index contributed by atoms with van der Waals surface area (Å²) in [5, 5.41) is 12.3. The Bertz CT molecular complexity index is 1340. The smallest absolute Gasteiger partial charge is 0.303 e. The zero-order chi connectivity index (χ0) is 30.1. The Morgan fingerprint density at radius 3 is 2.43 bits per heavy atom. The number of likely N-dealkylation sites (N-methyl/N-ethyl adjacent to an activating group) is 1. The van der Waals surface area contributed by atoms with Crippen molar-refractivity contribution in [1.29, 1.82) is 0 Å². The minimum atomic E-state index is -0.844. The average molecular weight is 573 g/mol. The molecule has 0 spiro atoms. The molecule has 0 radical (unpaired) electrons. The molecule has 2 N–H and O–H groups in total. The van der Waals surface area contributed by atoms with Crippen molar-refractivity contribution in [2.24, 2.45) is 0 Å². The highest BCUT2D eigenvalue weighted by Gasteiger charge is 2.32. The minimum absolute atomic E-state index is 0.00565. The number of nitrogens with one attached hydrogen (secondary N) is 1. The number of nitrogens with zero attached hydrogens (tertiary/aromatic N) is 1. The number of carbonyl (C=O) groups is 2. The van der Waals surface area contributed by atoms with Crippen LogP contribution in [0.1, 0.15) is 54.9 Å². The number of ether oxygens (including phenoxy) is 3. The molecule has 0 saturated carbocycles. The minimum Gasteiger partial charge on any atom is -0.453 e. The summed E-state index contributed by atoms with van der Waals surface area (Å²) in [5.74, 6) is -0.834. The van der Waals surface area contributed by atoms with Crippen LogP contribution in [0.4, 0.5) is 0 Å². The second-order valence-corrected chi connectivity index (χ2v) is 10.7. The Morgan fingerprint density at radius 1 is 1.05 bits per heavy atom. The third kappa shape index (κ3) is 8.59. The van der Waals surface area contributed by atoms with Crippen LogP contribution in [0.25, 0.3) is 11.1 Å². The molecule has 0 unspecified atom stereocenters. The molecule has 42 heavy (non-hydrogen) atoms. The zero-order valence-corrected chi connectivity index (χ0v) is 24.5. The van der Waals surface area contributed by atoms with E-state index >= 15 is 0 Å². The monoisotopic (exact) mass is 572 g/mol. The maximum Gasteiger partial charge on any atom is 0.303 e. The van der Waals surface area contributed by atoms with Gasteiger partial charge in [-0.2, -0.15) is 0 Å². The van der Waals surface area contributed by atoms with E-state index in [1.807, 2.05) is 78.9 Å². The lowest BCUT2D eigenvalue weighted by molar-refractivity contribution is -0.252. The van der Waals surface area contributed by atoms with E-state index in [2.05, 4.69) is 23.8 Å². The Morgan fingerprint density at radius 2 is 1.76 bits per heavy atom.